The van der Waals surface area contributed by atoms with Gasteiger partial charge in [-0.05, 0) is 44.2 Å². The maximum absolute atomic E-state index is 12.7. The lowest BCUT2D eigenvalue weighted by Crippen LogP contribution is -2.49. The number of carbonyl (C=O) groups is 1. The number of hydrogen-bond donors (Lipinski definition) is 1. The summed E-state index contributed by atoms with van der Waals surface area (Å²) in [5, 5.41) is 9.65. The third kappa shape index (κ3) is 4.58. The smallest absolute Gasteiger partial charge is 0.253 e. The van der Waals surface area contributed by atoms with E-state index in [9.17, 15) is 9.90 Å². The molecule has 1 N–H and O–H groups in total. The molecule has 26 heavy (non-hydrogen) atoms. The molecule has 1 fully saturated rings. The predicted octanol–water partition coefficient (Wildman–Crippen LogP) is 1.56. The molecular weight excluding hydrogens is 328 g/mol. The SMILES string of the molecule is CC(C)(O)C#Cc1ccc(C(=O)N2CCN(c3ncccn3)CC2)cc1. The second-order valence-corrected chi connectivity index (χ2v) is 6.71. The van der Waals surface area contributed by atoms with Crippen molar-refractivity contribution in [2.75, 3.05) is 31.1 Å². The number of nitrogens with zero attached hydrogens (tertiary/aromatic N) is 4. The zero-order valence-electron chi connectivity index (χ0n) is 15.0. The lowest BCUT2D eigenvalue weighted by atomic mass is 10.1. The fourth-order valence-corrected chi connectivity index (χ4v) is 2.67. The van der Waals surface area contributed by atoms with Gasteiger partial charge in [-0.15, -0.1) is 0 Å². The molecule has 2 heterocycles. The van der Waals surface area contributed by atoms with Crippen LogP contribution >= 0.6 is 0 Å². The molecule has 0 bridgehead atoms. The number of piperazine rings is 1. The summed E-state index contributed by atoms with van der Waals surface area (Å²) >= 11 is 0. The molecule has 1 aliphatic rings. The highest BCUT2D eigenvalue weighted by Gasteiger charge is 2.23. The first kappa shape index (κ1) is 17.9. The van der Waals surface area contributed by atoms with Crippen LogP contribution in [-0.2, 0) is 0 Å². The zero-order valence-corrected chi connectivity index (χ0v) is 15.0. The van der Waals surface area contributed by atoms with Crippen molar-refractivity contribution < 1.29 is 9.90 Å². The van der Waals surface area contributed by atoms with Crippen molar-refractivity contribution in [2.45, 2.75) is 19.4 Å². The molecule has 0 radical (unpaired) electrons. The van der Waals surface area contributed by atoms with E-state index in [1.165, 1.54) is 0 Å². The lowest BCUT2D eigenvalue weighted by molar-refractivity contribution is 0.0746. The summed E-state index contributed by atoms with van der Waals surface area (Å²) in [7, 11) is 0. The number of hydrogen-bond acceptors (Lipinski definition) is 5. The van der Waals surface area contributed by atoms with Crippen LogP contribution < -0.4 is 4.90 Å². The van der Waals surface area contributed by atoms with Crippen LogP contribution in [0.3, 0.4) is 0 Å². The first-order valence-corrected chi connectivity index (χ1v) is 8.59. The first-order chi connectivity index (χ1) is 12.4. The number of amides is 1. The molecular formula is C20H22N4O2. The molecule has 0 spiro atoms. The predicted molar refractivity (Wildman–Crippen MR) is 99.8 cm³/mol. The minimum absolute atomic E-state index is 0.0145. The average molecular weight is 350 g/mol. The van der Waals surface area contributed by atoms with Crippen molar-refractivity contribution in [3.63, 3.8) is 0 Å². The van der Waals surface area contributed by atoms with Crippen LogP contribution in [0.5, 0.6) is 0 Å². The highest BCUT2D eigenvalue weighted by molar-refractivity contribution is 5.94. The number of aromatic nitrogens is 2. The number of benzene rings is 1. The van der Waals surface area contributed by atoms with Gasteiger partial charge in [-0.1, -0.05) is 11.8 Å². The number of anilines is 1. The Kier molecular flexibility index (Phi) is 5.19. The van der Waals surface area contributed by atoms with Crippen LogP contribution in [0.4, 0.5) is 5.95 Å². The van der Waals surface area contributed by atoms with Gasteiger partial charge in [-0.2, -0.15) is 0 Å². The van der Waals surface area contributed by atoms with Gasteiger partial charge < -0.3 is 14.9 Å². The van der Waals surface area contributed by atoms with Crippen molar-refractivity contribution >= 4 is 11.9 Å². The third-order valence-corrected chi connectivity index (χ3v) is 4.05. The fraction of sp³-hybridized carbons (Fsp3) is 0.350. The highest BCUT2D eigenvalue weighted by atomic mass is 16.3. The van der Waals surface area contributed by atoms with Crippen molar-refractivity contribution in [1.29, 1.82) is 0 Å². The molecule has 1 aromatic carbocycles. The Labute approximate surface area is 153 Å². The van der Waals surface area contributed by atoms with Crippen LogP contribution in [0.2, 0.25) is 0 Å². The van der Waals surface area contributed by atoms with Crippen LogP contribution in [-0.4, -0.2) is 57.7 Å². The van der Waals surface area contributed by atoms with E-state index in [4.69, 9.17) is 0 Å². The molecule has 1 aliphatic heterocycles. The van der Waals surface area contributed by atoms with Gasteiger partial charge in [0.2, 0.25) is 5.95 Å². The van der Waals surface area contributed by atoms with E-state index in [1.54, 1.807) is 56.6 Å². The van der Waals surface area contributed by atoms with Gasteiger partial charge in [0.25, 0.3) is 5.91 Å². The Morgan fingerprint density at radius 1 is 1.08 bits per heavy atom. The molecule has 6 heteroatoms. The van der Waals surface area contributed by atoms with Gasteiger partial charge in [0.1, 0.15) is 5.60 Å². The first-order valence-electron chi connectivity index (χ1n) is 8.59. The zero-order chi connectivity index (χ0) is 18.6. The number of rotatable bonds is 2. The van der Waals surface area contributed by atoms with Crippen LogP contribution in [0.1, 0.15) is 29.8 Å². The lowest BCUT2D eigenvalue weighted by Gasteiger charge is -2.34. The molecule has 0 saturated carbocycles. The largest absolute Gasteiger partial charge is 0.378 e. The van der Waals surface area contributed by atoms with Gasteiger partial charge in [0.15, 0.2) is 0 Å². The van der Waals surface area contributed by atoms with E-state index in [0.717, 1.165) is 5.56 Å². The van der Waals surface area contributed by atoms with Gasteiger partial charge in [-0.3, -0.25) is 4.79 Å². The Bertz CT molecular complexity index is 809. The third-order valence-electron chi connectivity index (χ3n) is 4.05. The molecule has 6 nitrogen and oxygen atoms in total. The van der Waals surface area contributed by atoms with Crippen LogP contribution in [0.15, 0.2) is 42.7 Å². The molecule has 0 unspecified atom stereocenters. The highest BCUT2D eigenvalue weighted by Crippen LogP contribution is 2.13. The second kappa shape index (κ2) is 7.54. The quantitative estimate of drug-likeness (QED) is 0.833. The Hall–Kier alpha value is -2.91. The summed E-state index contributed by atoms with van der Waals surface area (Å²) < 4.78 is 0. The monoisotopic (exact) mass is 350 g/mol. The number of carbonyl (C=O) groups excluding carboxylic acids is 1. The van der Waals surface area contributed by atoms with Gasteiger partial charge in [0, 0.05) is 49.7 Å². The maximum Gasteiger partial charge on any atom is 0.253 e. The molecule has 1 saturated heterocycles. The molecule has 134 valence electrons. The molecule has 0 aliphatic carbocycles. The van der Waals surface area contributed by atoms with Gasteiger partial charge in [0.05, 0.1) is 0 Å². The normalized spacial score (nSPS) is 14.6. The van der Waals surface area contributed by atoms with E-state index >= 15 is 0 Å². The molecule has 0 atom stereocenters. The van der Waals surface area contributed by atoms with E-state index in [1.807, 2.05) is 4.90 Å². The number of aliphatic hydroxyl groups is 1. The average Bonchev–Trinajstić information content (AvgIpc) is 2.66. The topological polar surface area (TPSA) is 69.6 Å². The van der Waals surface area contributed by atoms with Gasteiger partial charge >= 0.3 is 0 Å². The van der Waals surface area contributed by atoms with Gasteiger partial charge in [-0.25, -0.2) is 9.97 Å². The summed E-state index contributed by atoms with van der Waals surface area (Å²) in [5.74, 6) is 6.39. The standard InChI is InChI=1S/C20H22N4O2/c1-20(2,26)9-8-16-4-6-17(7-5-16)18(25)23-12-14-24(15-13-23)19-21-10-3-11-22-19/h3-7,10-11,26H,12-15H2,1-2H3. The van der Waals surface area contributed by atoms with E-state index in [-0.39, 0.29) is 5.91 Å². The van der Waals surface area contributed by atoms with E-state index in [0.29, 0.717) is 37.7 Å². The molecule has 1 amide bonds. The molecule has 2 aromatic rings. The van der Waals surface area contributed by atoms with Crippen molar-refractivity contribution in [1.82, 2.24) is 14.9 Å². The van der Waals surface area contributed by atoms with Crippen LogP contribution in [0.25, 0.3) is 0 Å². The Balaban J connectivity index is 1.61. The van der Waals surface area contributed by atoms with Crippen LogP contribution in [0, 0.1) is 11.8 Å². The minimum Gasteiger partial charge on any atom is -0.378 e. The molecule has 3 rings (SSSR count). The Morgan fingerprint density at radius 2 is 1.69 bits per heavy atom. The van der Waals surface area contributed by atoms with E-state index in [2.05, 4.69) is 26.7 Å². The second-order valence-electron chi connectivity index (χ2n) is 6.71. The summed E-state index contributed by atoms with van der Waals surface area (Å²) in [5.41, 5.74) is 0.384. The summed E-state index contributed by atoms with van der Waals surface area (Å²) in [4.78, 5) is 25.1. The summed E-state index contributed by atoms with van der Waals surface area (Å²) in [6.45, 7) is 5.97. The summed E-state index contributed by atoms with van der Waals surface area (Å²) in [6, 6.07) is 8.96. The van der Waals surface area contributed by atoms with Crippen molar-refractivity contribution in [3.05, 3.63) is 53.9 Å². The molecule has 1 aromatic heterocycles. The Morgan fingerprint density at radius 3 is 2.27 bits per heavy atom. The maximum atomic E-state index is 12.7. The van der Waals surface area contributed by atoms with E-state index < -0.39 is 5.60 Å². The van der Waals surface area contributed by atoms with Crippen molar-refractivity contribution in [2.24, 2.45) is 0 Å². The minimum atomic E-state index is -1.03. The summed E-state index contributed by atoms with van der Waals surface area (Å²) in [6.07, 6.45) is 3.45. The van der Waals surface area contributed by atoms with Crippen molar-refractivity contribution in [3.8, 4) is 11.8 Å². The fourth-order valence-electron chi connectivity index (χ4n) is 2.67.